The Kier molecular flexibility index (Phi) is 6.24. The number of fused-ring (bicyclic) bond motifs is 1. The molecule has 170 valence electrons. The molecule has 0 unspecified atom stereocenters. The minimum absolute atomic E-state index is 0.0163. The number of hydrogen-bond donors (Lipinski definition) is 1. The molecule has 7 heteroatoms. The van der Waals surface area contributed by atoms with Crippen LogP contribution in [-0.4, -0.2) is 40.2 Å². The van der Waals surface area contributed by atoms with Gasteiger partial charge < -0.3 is 5.32 Å². The van der Waals surface area contributed by atoms with E-state index < -0.39 is 0 Å². The quantitative estimate of drug-likeness (QED) is 0.430. The van der Waals surface area contributed by atoms with E-state index in [1.807, 2.05) is 54.1 Å². The summed E-state index contributed by atoms with van der Waals surface area (Å²) in [5, 5.41) is 8.82. The zero-order chi connectivity index (χ0) is 22.8. The average molecular weight is 463 g/mol. The maximum Gasteiger partial charge on any atom is 0.261 e. The number of aryl methyl sites for hydroxylation is 1. The van der Waals surface area contributed by atoms with E-state index >= 15 is 0 Å². The Labute approximate surface area is 196 Å². The first-order chi connectivity index (χ1) is 16.1. The van der Waals surface area contributed by atoms with Crippen molar-refractivity contribution in [2.75, 3.05) is 19.6 Å². The number of halogens is 1. The standard InChI is InChI=1S/C26H27FN4OS/c1-18-23-15-24(33-26(23)31(29-18)22-8-3-2-4-9-22)25(32)28-16-19-10-12-30(13-11-19)17-20-6-5-7-21(27)14-20/h2-9,14-15,19H,10-13,16-17H2,1H3,(H,28,32). The van der Waals surface area contributed by atoms with Crippen molar-refractivity contribution in [3.05, 3.63) is 82.6 Å². The first kappa shape index (κ1) is 21.8. The van der Waals surface area contributed by atoms with Crippen LogP contribution in [0.4, 0.5) is 4.39 Å². The van der Waals surface area contributed by atoms with Gasteiger partial charge in [0.2, 0.25) is 0 Å². The second-order valence-corrected chi connectivity index (χ2v) is 9.75. The zero-order valence-corrected chi connectivity index (χ0v) is 19.4. The summed E-state index contributed by atoms with van der Waals surface area (Å²) in [5.41, 5.74) is 2.93. The highest BCUT2D eigenvalue weighted by Gasteiger charge is 2.22. The second kappa shape index (κ2) is 9.45. The summed E-state index contributed by atoms with van der Waals surface area (Å²) in [4.78, 5) is 16.9. The van der Waals surface area contributed by atoms with Gasteiger partial charge in [0, 0.05) is 18.5 Å². The van der Waals surface area contributed by atoms with Crippen LogP contribution in [0.1, 0.15) is 33.8 Å². The molecule has 3 heterocycles. The highest BCUT2D eigenvalue weighted by atomic mass is 32.1. The van der Waals surface area contributed by atoms with Crippen LogP contribution in [0.5, 0.6) is 0 Å². The van der Waals surface area contributed by atoms with Gasteiger partial charge in [-0.3, -0.25) is 9.69 Å². The number of para-hydroxylation sites is 1. The van der Waals surface area contributed by atoms with Crippen LogP contribution >= 0.6 is 11.3 Å². The monoisotopic (exact) mass is 462 g/mol. The maximum absolute atomic E-state index is 13.4. The van der Waals surface area contributed by atoms with Gasteiger partial charge in [0.15, 0.2) is 0 Å². The molecule has 1 N–H and O–H groups in total. The molecule has 1 saturated heterocycles. The summed E-state index contributed by atoms with van der Waals surface area (Å²) < 4.78 is 15.3. The van der Waals surface area contributed by atoms with Gasteiger partial charge in [0.05, 0.1) is 16.3 Å². The van der Waals surface area contributed by atoms with Crippen LogP contribution in [-0.2, 0) is 6.54 Å². The number of hydrogen-bond acceptors (Lipinski definition) is 4. The molecule has 5 rings (SSSR count). The Morgan fingerprint density at radius 1 is 1.12 bits per heavy atom. The molecule has 1 fully saturated rings. The largest absolute Gasteiger partial charge is 0.351 e. The Morgan fingerprint density at radius 3 is 2.67 bits per heavy atom. The van der Waals surface area contributed by atoms with E-state index in [0.29, 0.717) is 12.5 Å². The molecule has 5 nitrogen and oxygen atoms in total. The molecular weight excluding hydrogens is 435 g/mol. The molecule has 1 aliphatic rings. The van der Waals surface area contributed by atoms with Gasteiger partial charge in [-0.1, -0.05) is 30.3 Å². The smallest absolute Gasteiger partial charge is 0.261 e. The molecule has 0 radical (unpaired) electrons. The van der Waals surface area contributed by atoms with Crippen molar-refractivity contribution in [1.29, 1.82) is 0 Å². The lowest BCUT2D eigenvalue weighted by Crippen LogP contribution is -2.38. The van der Waals surface area contributed by atoms with E-state index in [9.17, 15) is 9.18 Å². The molecule has 0 spiro atoms. The highest BCUT2D eigenvalue weighted by molar-refractivity contribution is 7.20. The SMILES string of the molecule is Cc1nn(-c2ccccc2)c2sc(C(=O)NCC3CCN(Cc4cccc(F)c4)CC3)cc12. The van der Waals surface area contributed by atoms with Crippen molar-refractivity contribution < 1.29 is 9.18 Å². The summed E-state index contributed by atoms with van der Waals surface area (Å²) in [7, 11) is 0. The van der Waals surface area contributed by atoms with Crippen molar-refractivity contribution in [2.45, 2.75) is 26.3 Å². The number of rotatable bonds is 6. The summed E-state index contributed by atoms with van der Waals surface area (Å²) in [6.45, 7) is 5.37. The second-order valence-electron chi connectivity index (χ2n) is 8.72. The number of piperidine rings is 1. The van der Waals surface area contributed by atoms with E-state index in [1.54, 1.807) is 12.1 Å². The Bertz CT molecular complexity index is 1260. The molecule has 1 aliphatic heterocycles. The van der Waals surface area contributed by atoms with Gasteiger partial charge in [0.25, 0.3) is 5.91 Å². The van der Waals surface area contributed by atoms with Gasteiger partial charge >= 0.3 is 0 Å². The van der Waals surface area contributed by atoms with Crippen LogP contribution in [0.15, 0.2) is 60.7 Å². The molecule has 0 atom stereocenters. The molecule has 0 bridgehead atoms. The fourth-order valence-corrected chi connectivity index (χ4v) is 5.57. The first-order valence-electron chi connectivity index (χ1n) is 11.4. The number of benzene rings is 2. The number of carbonyl (C=O) groups excluding carboxylic acids is 1. The minimum atomic E-state index is -0.182. The van der Waals surface area contributed by atoms with Crippen molar-refractivity contribution in [3.8, 4) is 5.69 Å². The third kappa shape index (κ3) is 4.84. The lowest BCUT2D eigenvalue weighted by molar-refractivity contribution is 0.0939. The highest BCUT2D eigenvalue weighted by Crippen LogP contribution is 2.30. The van der Waals surface area contributed by atoms with Gasteiger partial charge in [-0.15, -0.1) is 11.3 Å². The lowest BCUT2D eigenvalue weighted by atomic mass is 9.96. The number of thiophene rings is 1. The fraction of sp³-hybridized carbons (Fsp3) is 0.308. The summed E-state index contributed by atoms with van der Waals surface area (Å²) in [6.07, 6.45) is 2.06. The summed E-state index contributed by atoms with van der Waals surface area (Å²) >= 11 is 1.49. The van der Waals surface area contributed by atoms with Crippen LogP contribution in [0.2, 0.25) is 0 Å². The molecule has 33 heavy (non-hydrogen) atoms. The maximum atomic E-state index is 13.4. The van der Waals surface area contributed by atoms with Gasteiger partial charge in [-0.25, -0.2) is 9.07 Å². The molecule has 2 aromatic carbocycles. The van der Waals surface area contributed by atoms with E-state index in [1.165, 1.54) is 17.4 Å². The Hall–Kier alpha value is -3.03. The average Bonchev–Trinajstić information content (AvgIpc) is 3.40. The molecule has 1 amide bonds. The van der Waals surface area contributed by atoms with E-state index in [4.69, 9.17) is 0 Å². The van der Waals surface area contributed by atoms with Crippen molar-refractivity contribution in [2.24, 2.45) is 5.92 Å². The number of nitrogens with zero attached hydrogens (tertiary/aromatic N) is 3. The summed E-state index contributed by atoms with van der Waals surface area (Å²) in [6, 6.07) is 18.8. The Morgan fingerprint density at radius 2 is 1.91 bits per heavy atom. The molecule has 0 aliphatic carbocycles. The van der Waals surface area contributed by atoms with E-state index in [-0.39, 0.29) is 11.7 Å². The summed E-state index contributed by atoms with van der Waals surface area (Å²) in [5.74, 6) is 0.268. The number of likely N-dealkylation sites (tertiary alicyclic amines) is 1. The third-order valence-electron chi connectivity index (χ3n) is 6.32. The molecular formula is C26H27FN4OS. The number of aromatic nitrogens is 2. The zero-order valence-electron chi connectivity index (χ0n) is 18.6. The van der Waals surface area contributed by atoms with E-state index in [2.05, 4.69) is 15.3 Å². The lowest BCUT2D eigenvalue weighted by Gasteiger charge is -2.32. The van der Waals surface area contributed by atoms with Gasteiger partial charge in [0.1, 0.15) is 10.6 Å². The van der Waals surface area contributed by atoms with Crippen LogP contribution in [0.3, 0.4) is 0 Å². The van der Waals surface area contributed by atoms with Crippen molar-refractivity contribution in [1.82, 2.24) is 20.0 Å². The predicted molar refractivity (Wildman–Crippen MR) is 130 cm³/mol. The molecule has 0 saturated carbocycles. The van der Waals surface area contributed by atoms with Gasteiger partial charge in [-0.05, 0) is 74.7 Å². The molecule has 4 aromatic rings. The number of amides is 1. The van der Waals surface area contributed by atoms with E-state index in [0.717, 1.165) is 64.5 Å². The molecule has 2 aromatic heterocycles. The van der Waals surface area contributed by atoms with Crippen LogP contribution < -0.4 is 5.32 Å². The van der Waals surface area contributed by atoms with Crippen LogP contribution in [0, 0.1) is 18.7 Å². The third-order valence-corrected chi connectivity index (χ3v) is 7.43. The fourth-order valence-electron chi connectivity index (χ4n) is 4.47. The van der Waals surface area contributed by atoms with Crippen molar-refractivity contribution >= 4 is 27.5 Å². The Balaban J connectivity index is 1.17. The van der Waals surface area contributed by atoms with Gasteiger partial charge in [-0.2, -0.15) is 5.10 Å². The van der Waals surface area contributed by atoms with Crippen molar-refractivity contribution in [3.63, 3.8) is 0 Å². The number of carbonyl (C=O) groups is 1. The minimum Gasteiger partial charge on any atom is -0.351 e. The normalized spacial score (nSPS) is 15.2. The number of nitrogens with one attached hydrogen (secondary N) is 1. The van der Waals surface area contributed by atoms with Crippen LogP contribution in [0.25, 0.3) is 15.9 Å². The topological polar surface area (TPSA) is 50.2 Å². The predicted octanol–water partition coefficient (Wildman–Crippen LogP) is 5.18. The first-order valence-corrected chi connectivity index (χ1v) is 12.2.